The molecule has 0 aromatic heterocycles. The molecule has 0 fully saturated rings. The molecule has 0 spiro atoms. The summed E-state index contributed by atoms with van der Waals surface area (Å²) in [6, 6.07) is 3.81. The third-order valence-corrected chi connectivity index (χ3v) is 3.01. The van der Waals surface area contributed by atoms with E-state index in [1.807, 2.05) is 0 Å². The Labute approximate surface area is 124 Å². The quantitative estimate of drug-likeness (QED) is 0.591. The van der Waals surface area contributed by atoms with Gasteiger partial charge < -0.3 is 9.64 Å². The summed E-state index contributed by atoms with van der Waals surface area (Å²) in [6.45, 7) is 9.40. The summed E-state index contributed by atoms with van der Waals surface area (Å²) in [5.41, 5.74) is 0.643. The van der Waals surface area contributed by atoms with Crippen LogP contribution in [0.25, 0.3) is 0 Å². The molecule has 5 heteroatoms. The standard InChI is InChI=1S/C15H19ClFNO2/c1-5-8-18(11(4)15(19)20-10(2)3)12-6-7-14(17)13(16)9-12/h5-7,9-11H,1,8H2,2-4H3/t11-/m0/s1. The number of carbonyl (C=O) groups excluding carboxylic acids is 1. The van der Waals surface area contributed by atoms with Crippen molar-refractivity contribution in [3.63, 3.8) is 0 Å². The van der Waals surface area contributed by atoms with Crippen LogP contribution in [0, 0.1) is 5.82 Å². The second-order valence-corrected chi connectivity index (χ2v) is 5.11. The van der Waals surface area contributed by atoms with Crippen LogP contribution in [0.3, 0.4) is 0 Å². The molecule has 0 aliphatic rings. The van der Waals surface area contributed by atoms with Gasteiger partial charge in [0.05, 0.1) is 11.1 Å². The summed E-state index contributed by atoms with van der Waals surface area (Å²) < 4.78 is 18.4. The van der Waals surface area contributed by atoms with Gasteiger partial charge in [0.2, 0.25) is 0 Å². The smallest absolute Gasteiger partial charge is 0.328 e. The van der Waals surface area contributed by atoms with Crippen molar-refractivity contribution in [2.75, 3.05) is 11.4 Å². The lowest BCUT2D eigenvalue weighted by Crippen LogP contribution is -2.41. The van der Waals surface area contributed by atoms with Crippen molar-refractivity contribution < 1.29 is 13.9 Å². The van der Waals surface area contributed by atoms with Crippen molar-refractivity contribution in [1.82, 2.24) is 0 Å². The van der Waals surface area contributed by atoms with Crippen LogP contribution in [0.1, 0.15) is 20.8 Å². The van der Waals surface area contributed by atoms with Gasteiger partial charge in [-0.25, -0.2) is 9.18 Å². The molecule has 0 bridgehead atoms. The lowest BCUT2D eigenvalue weighted by atomic mass is 10.2. The maximum Gasteiger partial charge on any atom is 0.328 e. The van der Waals surface area contributed by atoms with Crippen LogP contribution in [0.2, 0.25) is 5.02 Å². The Morgan fingerprint density at radius 1 is 1.50 bits per heavy atom. The topological polar surface area (TPSA) is 29.5 Å². The van der Waals surface area contributed by atoms with E-state index < -0.39 is 11.9 Å². The van der Waals surface area contributed by atoms with Crippen LogP contribution in [-0.2, 0) is 9.53 Å². The minimum atomic E-state index is -0.517. The monoisotopic (exact) mass is 299 g/mol. The summed E-state index contributed by atoms with van der Waals surface area (Å²) in [5, 5.41) is 0.0148. The molecular weight excluding hydrogens is 281 g/mol. The van der Waals surface area contributed by atoms with E-state index in [0.717, 1.165) is 0 Å². The minimum absolute atomic E-state index is 0.0148. The van der Waals surface area contributed by atoms with Gasteiger partial charge in [-0.15, -0.1) is 6.58 Å². The van der Waals surface area contributed by atoms with E-state index >= 15 is 0 Å². The molecule has 0 unspecified atom stereocenters. The average Bonchev–Trinajstić information content (AvgIpc) is 2.38. The average molecular weight is 300 g/mol. The highest BCUT2D eigenvalue weighted by Gasteiger charge is 2.23. The van der Waals surface area contributed by atoms with Crippen molar-refractivity contribution in [1.29, 1.82) is 0 Å². The third kappa shape index (κ3) is 4.23. The molecule has 0 amide bonds. The largest absolute Gasteiger partial charge is 0.461 e. The molecule has 0 heterocycles. The molecule has 3 nitrogen and oxygen atoms in total. The molecule has 0 N–H and O–H groups in total. The molecule has 0 aliphatic heterocycles. The Kier molecular flexibility index (Phi) is 6.02. The van der Waals surface area contributed by atoms with Crippen LogP contribution < -0.4 is 4.90 Å². The van der Waals surface area contributed by atoms with Gasteiger partial charge in [0, 0.05) is 12.2 Å². The van der Waals surface area contributed by atoms with Crippen LogP contribution in [-0.4, -0.2) is 24.7 Å². The Morgan fingerprint density at radius 3 is 2.65 bits per heavy atom. The zero-order valence-electron chi connectivity index (χ0n) is 11.9. The predicted molar refractivity (Wildman–Crippen MR) is 79.6 cm³/mol. The van der Waals surface area contributed by atoms with Crippen molar-refractivity contribution in [3.8, 4) is 0 Å². The highest BCUT2D eigenvalue weighted by atomic mass is 35.5. The van der Waals surface area contributed by atoms with E-state index in [1.165, 1.54) is 12.1 Å². The van der Waals surface area contributed by atoms with Crippen molar-refractivity contribution in [2.24, 2.45) is 0 Å². The molecule has 1 aromatic rings. The van der Waals surface area contributed by atoms with Gasteiger partial charge in [-0.2, -0.15) is 0 Å². The molecule has 0 radical (unpaired) electrons. The predicted octanol–water partition coefficient (Wildman–Crippen LogP) is 3.81. The first-order valence-electron chi connectivity index (χ1n) is 6.40. The number of esters is 1. The lowest BCUT2D eigenvalue weighted by molar-refractivity contribution is -0.148. The number of hydrogen-bond acceptors (Lipinski definition) is 3. The van der Waals surface area contributed by atoms with Crippen molar-refractivity contribution in [3.05, 3.63) is 41.7 Å². The second kappa shape index (κ2) is 7.29. The fraction of sp³-hybridized carbons (Fsp3) is 0.400. The molecule has 20 heavy (non-hydrogen) atoms. The SMILES string of the molecule is C=CCN(c1ccc(F)c(Cl)c1)[C@@H](C)C(=O)OC(C)C. The van der Waals surface area contributed by atoms with Gasteiger partial charge in [-0.05, 0) is 39.0 Å². The van der Waals surface area contributed by atoms with E-state index in [2.05, 4.69) is 6.58 Å². The Bertz CT molecular complexity index is 491. The summed E-state index contributed by atoms with van der Waals surface area (Å²) in [5.74, 6) is -0.839. The first-order valence-corrected chi connectivity index (χ1v) is 6.77. The van der Waals surface area contributed by atoms with Crippen molar-refractivity contribution in [2.45, 2.75) is 32.9 Å². The highest BCUT2D eigenvalue weighted by molar-refractivity contribution is 6.31. The Balaban J connectivity index is 3.00. The van der Waals surface area contributed by atoms with Gasteiger partial charge in [0.15, 0.2) is 0 Å². The molecule has 0 saturated carbocycles. The number of nitrogens with zero attached hydrogens (tertiary/aromatic N) is 1. The molecule has 110 valence electrons. The number of carbonyl (C=O) groups is 1. The first kappa shape index (κ1) is 16.5. The number of halogens is 2. The minimum Gasteiger partial charge on any atom is -0.461 e. The van der Waals surface area contributed by atoms with Gasteiger partial charge in [-0.3, -0.25) is 0 Å². The van der Waals surface area contributed by atoms with Gasteiger partial charge in [-0.1, -0.05) is 17.7 Å². The first-order chi connectivity index (χ1) is 9.36. The molecular formula is C15H19ClFNO2. The summed E-state index contributed by atoms with van der Waals surface area (Å²) >= 11 is 5.78. The number of benzene rings is 1. The fourth-order valence-corrected chi connectivity index (χ4v) is 1.92. The van der Waals surface area contributed by atoms with Crippen LogP contribution in [0.4, 0.5) is 10.1 Å². The Hall–Kier alpha value is -1.55. The summed E-state index contributed by atoms with van der Waals surface area (Å²) in [7, 11) is 0. The molecule has 0 aliphatic carbocycles. The van der Waals surface area contributed by atoms with Crippen LogP contribution in [0.15, 0.2) is 30.9 Å². The zero-order valence-corrected chi connectivity index (χ0v) is 12.7. The van der Waals surface area contributed by atoms with Gasteiger partial charge in [0.25, 0.3) is 0 Å². The Morgan fingerprint density at radius 2 is 2.15 bits per heavy atom. The molecule has 1 aromatic carbocycles. The normalized spacial score (nSPS) is 12.1. The maximum atomic E-state index is 13.2. The molecule has 1 rings (SSSR count). The van der Waals surface area contributed by atoms with E-state index in [1.54, 1.807) is 37.8 Å². The molecule has 0 saturated heterocycles. The molecule has 1 atom stereocenters. The van der Waals surface area contributed by atoms with Crippen LogP contribution in [0.5, 0.6) is 0 Å². The third-order valence-electron chi connectivity index (χ3n) is 2.72. The fourth-order valence-electron chi connectivity index (χ4n) is 1.75. The second-order valence-electron chi connectivity index (χ2n) is 4.70. The maximum absolute atomic E-state index is 13.2. The summed E-state index contributed by atoms with van der Waals surface area (Å²) in [6.07, 6.45) is 1.48. The van der Waals surface area contributed by atoms with Gasteiger partial charge >= 0.3 is 5.97 Å². The number of hydrogen-bond donors (Lipinski definition) is 0. The van der Waals surface area contributed by atoms with E-state index in [9.17, 15) is 9.18 Å². The number of anilines is 1. The number of ether oxygens (including phenoxy) is 1. The number of rotatable bonds is 6. The summed E-state index contributed by atoms with van der Waals surface area (Å²) in [4.78, 5) is 13.7. The van der Waals surface area contributed by atoms with E-state index in [0.29, 0.717) is 12.2 Å². The highest BCUT2D eigenvalue weighted by Crippen LogP contribution is 2.24. The van der Waals surface area contributed by atoms with E-state index in [-0.39, 0.29) is 17.1 Å². The lowest BCUT2D eigenvalue weighted by Gasteiger charge is -2.29. The van der Waals surface area contributed by atoms with E-state index in [4.69, 9.17) is 16.3 Å². The van der Waals surface area contributed by atoms with Crippen LogP contribution >= 0.6 is 11.6 Å². The van der Waals surface area contributed by atoms with Gasteiger partial charge in [0.1, 0.15) is 11.9 Å². The van der Waals surface area contributed by atoms with Crippen molar-refractivity contribution >= 4 is 23.3 Å². The zero-order chi connectivity index (χ0) is 15.3.